The zero-order valence-electron chi connectivity index (χ0n) is 9.70. The van der Waals surface area contributed by atoms with Crippen LogP contribution in [0.25, 0.3) is 27.3 Å². The van der Waals surface area contributed by atoms with Crippen LogP contribution in [0.4, 0.5) is 0 Å². The van der Waals surface area contributed by atoms with Crippen molar-refractivity contribution in [2.24, 2.45) is 0 Å². The molecule has 0 spiro atoms. The maximum absolute atomic E-state index is 12.3. The Bertz CT molecular complexity index is 890. The predicted molar refractivity (Wildman–Crippen MR) is 74.0 cm³/mol. The number of hydrogen-bond acceptors (Lipinski definition) is 4. The number of hydrogen-bond donors (Lipinski definition) is 1. The van der Waals surface area contributed by atoms with E-state index < -0.39 is 0 Å². The Kier molecular flexibility index (Phi) is 2.07. The normalized spacial score (nSPS) is 11.4. The van der Waals surface area contributed by atoms with Gasteiger partial charge in [0.25, 0.3) is 5.56 Å². The summed E-state index contributed by atoms with van der Waals surface area (Å²) in [7, 11) is 0. The van der Waals surface area contributed by atoms with Crippen LogP contribution in [0.5, 0.6) is 0 Å². The molecule has 0 aliphatic carbocycles. The lowest BCUT2D eigenvalue weighted by atomic mass is 10.2. The smallest absolute Gasteiger partial charge is 0.283 e. The van der Waals surface area contributed by atoms with Crippen molar-refractivity contribution in [1.82, 2.24) is 19.7 Å². The van der Waals surface area contributed by atoms with E-state index in [4.69, 9.17) is 0 Å². The largest absolute Gasteiger partial charge is 0.360 e. The van der Waals surface area contributed by atoms with E-state index in [1.807, 2.05) is 23.6 Å². The lowest BCUT2D eigenvalue weighted by molar-refractivity contribution is 0.827. The van der Waals surface area contributed by atoms with Crippen LogP contribution in [-0.4, -0.2) is 19.7 Å². The molecule has 2 aromatic heterocycles. The molecule has 2 aromatic rings. The summed E-state index contributed by atoms with van der Waals surface area (Å²) in [5.41, 5.74) is 2.14. The van der Waals surface area contributed by atoms with Gasteiger partial charge >= 0.3 is 0 Å². The van der Waals surface area contributed by atoms with E-state index in [9.17, 15) is 4.79 Å². The Labute approximate surface area is 111 Å². The number of H-pyrrole nitrogens is 1. The summed E-state index contributed by atoms with van der Waals surface area (Å²) in [6.07, 6.45) is 3.35. The van der Waals surface area contributed by atoms with E-state index in [-0.39, 0.29) is 5.56 Å². The first-order valence-electron chi connectivity index (χ1n) is 5.73. The summed E-state index contributed by atoms with van der Waals surface area (Å²) in [6.45, 7) is 0. The molecular formula is C13H8N4OS. The number of thiophene rings is 1. The summed E-state index contributed by atoms with van der Waals surface area (Å²) in [5, 5.41) is 6.39. The molecule has 6 heteroatoms. The van der Waals surface area contributed by atoms with Crippen LogP contribution >= 0.6 is 11.3 Å². The van der Waals surface area contributed by atoms with Crippen molar-refractivity contribution in [3.63, 3.8) is 0 Å². The minimum atomic E-state index is -0.153. The van der Waals surface area contributed by atoms with Gasteiger partial charge in [0.15, 0.2) is 5.82 Å². The highest BCUT2D eigenvalue weighted by molar-refractivity contribution is 7.17. The van der Waals surface area contributed by atoms with Gasteiger partial charge in [-0.05, 0) is 23.6 Å². The molecule has 0 aromatic carbocycles. The van der Waals surface area contributed by atoms with Gasteiger partial charge in [0.05, 0.1) is 15.8 Å². The summed E-state index contributed by atoms with van der Waals surface area (Å²) in [4.78, 5) is 19.6. The molecule has 0 saturated heterocycles. The van der Waals surface area contributed by atoms with Crippen LogP contribution in [0.3, 0.4) is 0 Å². The average Bonchev–Trinajstić information content (AvgIpc) is 3.04. The first-order valence-corrected chi connectivity index (χ1v) is 6.61. The van der Waals surface area contributed by atoms with Crippen molar-refractivity contribution in [1.29, 1.82) is 0 Å². The van der Waals surface area contributed by atoms with Crippen LogP contribution in [0, 0.1) is 0 Å². The number of nitrogens with zero attached hydrogens (tertiary/aromatic N) is 3. The van der Waals surface area contributed by atoms with Gasteiger partial charge in [0.2, 0.25) is 0 Å². The fraction of sp³-hybridized carbons (Fsp3) is 0. The molecule has 4 heterocycles. The maximum Gasteiger partial charge on any atom is 0.283 e. The highest BCUT2D eigenvalue weighted by Crippen LogP contribution is 2.29. The number of rotatable bonds is 1. The Morgan fingerprint density at radius 1 is 1.26 bits per heavy atom. The second kappa shape index (κ2) is 3.76. The van der Waals surface area contributed by atoms with E-state index >= 15 is 0 Å². The number of nitrogens with one attached hydrogen (secondary N) is 1. The van der Waals surface area contributed by atoms with Gasteiger partial charge in [-0.15, -0.1) is 11.3 Å². The van der Waals surface area contributed by atoms with Crippen LogP contribution in [0.15, 0.2) is 46.8 Å². The predicted octanol–water partition coefficient (Wildman–Crippen LogP) is 2.28. The molecule has 2 aliphatic heterocycles. The average molecular weight is 268 g/mol. The molecule has 0 saturated carbocycles. The van der Waals surface area contributed by atoms with E-state index in [1.165, 1.54) is 4.68 Å². The SMILES string of the molecule is O=c1c2c[nH]c3ccsc3c-2nn1-c1ccccn1. The lowest BCUT2D eigenvalue weighted by Gasteiger charge is -1.96. The molecule has 19 heavy (non-hydrogen) atoms. The monoisotopic (exact) mass is 268 g/mol. The van der Waals surface area contributed by atoms with Crippen molar-refractivity contribution >= 4 is 21.6 Å². The van der Waals surface area contributed by atoms with E-state index in [0.29, 0.717) is 11.4 Å². The second-order valence-corrected chi connectivity index (χ2v) is 5.04. The topological polar surface area (TPSA) is 63.6 Å². The number of pyridine rings is 2. The van der Waals surface area contributed by atoms with Gasteiger partial charge < -0.3 is 4.98 Å². The van der Waals surface area contributed by atoms with Crippen molar-refractivity contribution < 1.29 is 0 Å². The van der Waals surface area contributed by atoms with Crippen LogP contribution in [0.2, 0.25) is 0 Å². The summed E-state index contributed by atoms with van der Waals surface area (Å²) >= 11 is 1.57. The van der Waals surface area contributed by atoms with Crippen LogP contribution < -0.4 is 5.56 Å². The van der Waals surface area contributed by atoms with Crippen molar-refractivity contribution in [3.05, 3.63) is 52.4 Å². The van der Waals surface area contributed by atoms with Crippen molar-refractivity contribution in [2.45, 2.75) is 0 Å². The third-order valence-corrected chi connectivity index (χ3v) is 3.92. The summed E-state index contributed by atoms with van der Waals surface area (Å²) < 4.78 is 2.33. The van der Waals surface area contributed by atoms with Crippen molar-refractivity contribution in [3.8, 4) is 17.1 Å². The molecule has 5 nitrogen and oxygen atoms in total. The highest BCUT2D eigenvalue weighted by atomic mass is 32.1. The highest BCUT2D eigenvalue weighted by Gasteiger charge is 2.19. The summed E-state index contributed by atoms with van der Waals surface area (Å²) in [6, 6.07) is 7.38. The zero-order chi connectivity index (χ0) is 12.8. The molecular weight excluding hydrogens is 260 g/mol. The maximum atomic E-state index is 12.3. The molecule has 0 unspecified atom stereocenters. The molecule has 2 aliphatic rings. The number of aromatic nitrogens is 4. The molecule has 92 valence electrons. The minimum Gasteiger partial charge on any atom is -0.360 e. The van der Waals surface area contributed by atoms with E-state index in [0.717, 1.165) is 15.9 Å². The quantitative estimate of drug-likeness (QED) is 0.576. The first-order chi connectivity index (χ1) is 9.34. The molecule has 0 atom stereocenters. The van der Waals surface area contributed by atoms with E-state index in [2.05, 4.69) is 15.1 Å². The summed E-state index contributed by atoms with van der Waals surface area (Å²) in [5.74, 6) is 0.536. The van der Waals surface area contributed by atoms with Gasteiger partial charge in [0.1, 0.15) is 5.69 Å². The van der Waals surface area contributed by atoms with Crippen LogP contribution in [-0.2, 0) is 0 Å². The second-order valence-electron chi connectivity index (χ2n) is 4.12. The van der Waals surface area contributed by atoms with Gasteiger partial charge in [-0.2, -0.15) is 9.78 Å². The first kappa shape index (κ1) is 10.5. The van der Waals surface area contributed by atoms with Gasteiger partial charge in [-0.1, -0.05) is 6.07 Å². The third-order valence-electron chi connectivity index (χ3n) is 3.00. The number of aromatic amines is 1. The fourth-order valence-electron chi connectivity index (χ4n) is 2.10. The van der Waals surface area contributed by atoms with Crippen molar-refractivity contribution in [2.75, 3.05) is 0 Å². The van der Waals surface area contributed by atoms with Gasteiger partial charge in [-0.3, -0.25) is 4.79 Å². The molecule has 4 rings (SSSR count). The number of fused-ring (bicyclic) bond motifs is 3. The molecule has 0 radical (unpaired) electrons. The zero-order valence-corrected chi connectivity index (χ0v) is 10.5. The standard InChI is InChI=1S/C13H8N4OS/c18-13-8-7-15-9-4-6-19-12(9)11(8)16-17(13)10-3-1-2-5-14-10/h1-7,15H. The van der Waals surface area contributed by atoms with E-state index in [1.54, 1.807) is 29.8 Å². The Balaban J connectivity index is 2.11. The minimum absolute atomic E-state index is 0.153. The Hall–Kier alpha value is -2.47. The van der Waals surface area contributed by atoms with Crippen LogP contribution in [0.1, 0.15) is 0 Å². The van der Waals surface area contributed by atoms with Gasteiger partial charge in [0, 0.05) is 12.4 Å². The third kappa shape index (κ3) is 1.43. The molecule has 0 amide bonds. The molecule has 0 fully saturated rings. The fourth-order valence-corrected chi connectivity index (χ4v) is 2.96. The Morgan fingerprint density at radius 2 is 2.21 bits per heavy atom. The Morgan fingerprint density at radius 3 is 3.05 bits per heavy atom. The lowest BCUT2D eigenvalue weighted by Crippen LogP contribution is -2.15. The molecule has 1 N–H and O–H groups in total. The van der Waals surface area contributed by atoms with Gasteiger partial charge in [-0.25, -0.2) is 4.98 Å². The molecule has 0 bridgehead atoms.